The first kappa shape index (κ1) is 21.5. The SMILES string of the molecule is C=C.CC(C)(C)C1(C2CCCC3C2=C2Cc4ccccc4C2=C2C=CCCC23)C=CC=C1. The molecule has 0 bridgehead atoms. The first-order valence-electron chi connectivity index (χ1n) is 12.6. The quantitative estimate of drug-likeness (QED) is 0.397. The van der Waals surface area contributed by atoms with E-state index in [2.05, 4.69) is 94.7 Å². The van der Waals surface area contributed by atoms with E-state index in [-0.39, 0.29) is 10.8 Å². The van der Waals surface area contributed by atoms with E-state index in [0.29, 0.717) is 5.92 Å². The van der Waals surface area contributed by atoms with Gasteiger partial charge >= 0.3 is 0 Å². The maximum atomic E-state index is 3.00. The molecule has 0 nitrogen and oxygen atoms in total. The Hall–Kier alpha value is -2.34. The van der Waals surface area contributed by atoms with E-state index >= 15 is 0 Å². The van der Waals surface area contributed by atoms with E-state index in [1.807, 2.05) is 5.57 Å². The van der Waals surface area contributed by atoms with Crippen molar-refractivity contribution < 1.29 is 0 Å². The molecule has 5 aliphatic carbocycles. The van der Waals surface area contributed by atoms with Crippen molar-refractivity contribution in [2.24, 2.45) is 28.6 Å². The lowest BCUT2D eigenvalue weighted by Crippen LogP contribution is -2.44. The second kappa shape index (κ2) is 7.91. The molecule has 0 spiro atoms. The predicted molar refractivity (Wildman–Crippen MR) is 138 cm³/mol. The minimum atomic E-state index is 0.149. The summed E-state index contributed by atoms with van der Waals surface area (Å²) in [6, 6.07) is 9.23. The number of hydrogen-bond acceptors (Lipinski definition) is 0. The van der Waals surface area contributed by atoms with Crippen molar-refractivity contribution in [1.29, 1.82) is 0 Å². The third-order valence-corrected chi connectivity index (χ3v) is 8.93. The molecule has 1 aromatic rings. The van der Waals surface area contributed by atoms with E-state index in [9.17, 15) is 0 Å². The van der Waals surface area contributed by atoms with E-state index in [4.69, 9.17) is 0 Å². The molecule has 0 N–H and O–H groups in total. The van der Waals surface area contributed by atoms with E-state index in [0.717, 1.165) is 18.3 Å². The molecule has 3 atom stereocenters. The molecule has 0 saturated heterocycles. The first-order chi connectivity index (χ1) is 15.5. The molecule has 0 aliphatic heterocycles. The highest BCUT2D eigenvalue weighted by Crippen LogP contribution is 2.63. The van der Waals surface area contributed by atoms with Crippen molar-refractivity contribution in [3.8, 4) is 0 Å². The van der Waals surface area contributed by atoms with Crippen LogP contribution in [0.15, 0.2) is 90.6 Å². The minimum Gasteiger partial charge on any atom is -0.106 e. The minimum absolute atomic E-state index is 0.149. The summed E-state index contributed by atoms with van der Waals surface area (Å²) >= 11 is 0. The third-order valence-electron chi connectivity index (χ3n) is 8.93. The van der Waals surface area contributed by atoms with Gasteiger partial charge in [0.2, 0.25) is 0 Å². The molecule has 0 aromatic heterocycles. The Bertz CT molecular complexity index is 1050. The highest BCUT2D eigenvalue weighted by atomic mass is 14.6. The molecule has 1 fully saturated rings. The molecule has 0 heterocycles. The van der Waals surface area contributed by atoms with Crippen molar-refractivity contribution in [3.05, 3.63) is 102 Å². The molecular formula is C32H38. The van der Waals surface area contributed by atoms with E-state index in [1.54, 1.807) is 22.3 Å². The number of allylic oxidation sites excluding steroid dienone is 10. The van der Waals surface area contributed by atoms with Gasteiger partial charge in [-0.15, -0.1) is 13.2 Å². The van der Waals surface area contributed by atoms with Crippen molar-refractivity contribution in [2.45, 2.75) is 59.3 Å². The molecule has 1 aromatic carbocycles. The Morgan fingerprint density at radius 3 is 2.44 bits per heavy atom. The summed E-state index contributed by atoms with van der Waals surface area (Å²) in [6.45, 7) is 13.4. The lowest BCUT2D eigenvalue weighted by molar-refractivity contribution is 0.107. The van der Waals surface area contributed by atoms with Crippen LogP contribution in [-0.4, -0.2) is 0 Å². The van der Waals surface area contributed by atoms with Gasteiger partial charge in [0.25, 0.3) is 0 Å². The van der Waals surface area contributed by atoms with Gasteiger partial charge in [0.05, 0.1) is 0 Å². The molecule has 5 aliphatic rings. The Morgan fingerprint density at radius 1 is 0.938 bits per heavy atom. The number of fused-ring (bicyclic) bond motifs is 6. The van der Waals surface area contributed by atoms with Crippen LogP contribution in [0.25, 0.3) is 5.57 Å². The predicted octanol–water partition coefficient (Wildman–Crippen LogP) is 8.65. The summed E-state index contributed by atoms with van der Waals surface area (Å²) < 4.78 is 0. The third kappa shape index (κ3) is 2.95. The normalized spacial score (nSPS) is 29.2. The fourth-order valence-electron chi connectivity index (χ4n) is 7.59. The summed E-state index contributed by atoms with van der Waals surface area (Å²) in [5.41, 5.74) is 10.3. The fraction of sp³-hybridized carbons (Fsp3) is 0.438. The Labute approximate surface area is 195 Å². The second-order valence-electron chi connectivity index (χ2n) is 11.2. The molecule has 1 saturated carbocycles. The topological polar surface area (TPSA) is 0 Å². The molecule has 32 heavy (non-hydrogen) atoms. The summed E-state index contributed by atoms with van der Waals surface area (Å²) in [5, 5.41) is 0. The van der Waals surface area contributed by atoms with Gasteiger partial charge in [-0.25, -0.2) is 0 Å². The molecule has 0 radical (unpaired) electrons. The van der Waals surface area contributed by atoms with Crippen LogP contribution in [0.5, 0.6) is 0 Å². The maximum absolute atomic E-state index is 3.00. The molecule has 0 amide bonds. The highest BCUT2D eigenvalue weighted by molar-refractivity contribution is 5.91. The number of hydrogen-bond donors (Lipinski definition) is 0. The number of benzene rings is 1. The maximum Gasteiger partial charge on any atom is 0.0181 e. The molecule has 6 rings (SSSR count). The second-order valence-corrected chi connectivity index (χ2v) is 11.2. The highest BCUT2D eigenvalue weighted by Gasteiger charge is 2.52. The van der Waals surface area contributed by atoms with Crippen LogP contribution >= 0.6 is 0 Å². The Balaban J connectivity index is 0.00000105. The fourth-order valence-corrected chi connectivity index (χ4v) is 7.59. The van der Waals surface area contributed by atoms with Gasteiger partial charge in [-0.2, -0.15) is 0 Å². The molecule has 0 heteroatoms. The monoisotopic (exact) mass is 422 g/mol. The zero-order chi connectivity index (χ0) is 22.5. The van der Waals surface area contributed by atoms with Crippen LogP contribution in [-0.2, 0) is 6.42 Å². The first-order valence-corrected chi connectivity index (χ1v) is 12.6. The van der Waals surface area contributed by atoms with Crippen LogP contribution in [0.4, 0.5) is 0 Å². The van der Waals surface area contributed by atoms with Crippen LogP contribution in [0.3, 0.4) is 0 Å². The summed E-state index contributed by atoms with van der Waals surface area (Å²) in [4.78, 5) is 0. The van der Waals surface area contributed by atoms with Crippen molar-refractivity contribution >= 4 is 5.57 Å². The summed E-state index contributed by atoms with van der Waals surface area (Å²) in [6.07, 6.45) is 22.5. The zero-order valence-electron chi connectivity index (χ0n) is 20.2. The molecule has 3 unspecified atom stereocenters. The average Bonchev–Trinajstić information content (AvgIpc) is 3.46. The van der Waals surface area contributed by atoms with Gasteiger partial charge in [-0.3, -0.25) is 0 Å². The van der Waals surface area contributed by atoms with E-state index < -0.39 is 0 Å². The standard InChI is InChI=1S/C30H34.C2H4/c1-29(2,3)30(17-8-9-18-30)26-16-10-15-24-22-13-6-7-14-23(22)27-21-12-5-4-11-20(21)19-25(27)28(24)26;1-2/h4-5,7-9,11-12,14,17-18,22,24,26H,6,10,13,15-16,19H2,1-3H3;1-2H2. The van der Waals surface area contributed by atoms with Gasteiger partial charge in [0, 0.05) is 5.41 Å². The van der Waals surface area contributed by atoms with Crippen LogP contribution in [0.1, 0.15) is 64.0 Å². The lowest BCUT2D eigenvalue weighted by atomic mass is 9.51. The lowest BCUT2D eigenvalue weighted by Gasteiger charge is -2.53. The van der Waals surface area contributed by atoms with Gasteiger partial charge < -0.3 is 0 Å². The van der Waals surface area contributed by atoms with Crippen molar-refractivity contribution in [2.75, 3.05) is 0 Å². The molecular weight excluding hydrogens is 384 g/mol. The van der Waals surface area contributed by atoms with Crippen LogP contribution < -0.4 is 0 Å². The van der Waals surface area contributed by atoms with Crippen molar-refractivity contribution in [1.82, 2.24) is 0 Å². The zero-order valence-corrected chi connectivity index (χ0v) is 20.2. The molecule has 166 valence electrons. The van der Waals surface area contributed by atoms with Crippen LogP contribution in [0.2, 0.25) is 0 Å². The van der Waals surface area contributed by atoms with Gasteiger partial charge in [-0.1, -0.05) is 93.5 Å². The van der Waals surface area contributed by atoms with Gasteiger partial charge in [0.15, 0.2) is 0 Å². The number of rotatable bonds is 1. The Kier molecular flexibility index (Phi) is 5.31. The van der Waals surface area contributed by atoms with Gasteiger partial charge in [-0.05, 0) is 83.1 Å². The van der Waals surface area contributed by atoms with Crippen LogP contribution in [0, 0.1) is 28.6 Å². The van der Waals surface area contributed by atoms with Gasteiger partial charge in [0.1, 0.15) is 0 Å². The largest absolute Gasteiger partial charge is 0.106 e. The average molecular weight is 423 g/mol. The smallest absolute Gasteiger partial charge is 0.0181 e. The van der Waals surface area contributed by atoms with E-state index in [1.165, 1.54) is 37.7 Å². The Morgan fingerprint density at radius 2 is 1.69 bits per heavy atom. The summed E-state index contributed by atoms with van der Waals surface area (Å²) in [7, 11) is 0. The summed E-state index contributed by atoms with van der Waals surface area (Å²) in [5.74, 6) is 2.11. The van der Waals surface area contributed by atoms with Crippen molar-refractivity contribution in [3.63, 3.8) is 0 Å².